The molecule has 0 aliphatic heterocycles. The molecule has 0 aliphatic carbocycles. The fourth-order valence-electron chi connectivity index (χ4n) is 2.45. The van der Waals surface area contributed by atoms with Crippen LogP contribution >= 0.6 is 22.7 Å². The lowest BCUT2D eigenvalue weighted by atomic mass is 10.1. The van der Waals surface area contributed by atoms with Crippen LogP contribution in [0.1, 0.15) is 27.0 Å². The molecule has 8 heteroatoms. The van der Waals surface area contributed by atoms with E-state index in [-0.39, 0.29) is 5.91 Å². The van der Waals surface area contributed by atoms with Crippen LogP contribution in [0.25, 0.3) is 10.8 Å². The van der Waals surface area contributed by atoms with Gasteiger partial charge in [-0.05, 0) is 35.2 Å². The number of hydrogen-bond donors (Lipinski definition) is 2. The molecule has 0 saturated heterocycles. The van der Waals surface area contributed by atoms with Gasteiger partial charge < -0.3 is 10.4 Å². The van der Waals surface area contributed by atoms with Gasteiger partial charge in [0.25, 0.3) is 5.91 Å². The van der Waals surface area contributed by atoms with E-state index in [9.17, 15) is 9.90 Å². The summed E-state index contributed by atoms with van der Waals surface area (Å²) in [7, 11) is 0. The quantitative estimate of drug-likeness (QED) is 0.534. The van der Waals surface area contributed by atoms with Crippen molar-refractivity contribution in [1.82, 2.24) is 15.0 Å². The summed E-state index contributed by atoms with van der Waals surface area (Å²) in [4.78, 5) is 25.9. The molecule has 0 fully saturated rings. The first-order valence-corrected chi connectivity index (χ1v) is 9.82. The highest BCUT2D eigenvalue weighted by molar-refractivity contribution is 7.13. The predicted molar refractivity (Wildman–Crippen MR) is 106 cm³/mol. The first-order chi connectivity index (χ1) is 13.2. The second-order valence-corrected chi connectivity index (χ2v) is 7.44. The number of aromatic nitrogens is 3. The van der Waals surface area contributed by atoms with Crippen molar-refractivity contribution in [3.8, 4) is 10.8 Å². The van der Waals surface area contributed by atoms with Crippen LogP contribution in [-0.2, 0) is 0 Å². The topological polar surface area (TPSA) is 88.0 Å². The summed E-state index contributed by atoms with van der Waals surface area (Å²) in [5.74, 6) is 0.188. The number of anilines is 1. The maximum absolute atomic E-state index is 12.4. The largest absolute Gasteiger partial charge is 0.383 e. The summed E-state index contributed by atoms with van der Waals surface area (Å²) < 4.78 is 0. The molecular weight excluding hydrogens is 380 g/mol. The number of carbonyl (C=O) groups is 1. The van der Waals surface area contributed by atoms with E-state index in [1.807, 2.05) is 17.5 Å². The molecule has 0 aliphatic rings. The van der Waals surface area contributed by atoms with E-state index < -0.39 is 6.10 Å². The number of thiazole rings is 1. The van der Waals surface area contributed by atoms with Crippen LogP contribution in [0, 0.1) is 0 Å². The monoisotopic (exact) mass is 394 g/mol. The molecule has 0 spiro atoms. The average molecular weight is 394 g/mol. The molecule has 1 aromatic carbocycles. The van der Waals surface area contributed by atoms with Crippen molar-refractivity contribution in [2.45, 2.75) is 6.10 Å². The molecule has 1 unspecified atom stereocenters. The Morgan fingerprint density at radius 1 is 1.04 bits per heavy atom. The van der Waals surface area contributed by atoms with Gasteiger partial charge in [-0.25, -0.2) is 15.0 Å². The van der Waals surface area contributed by atoms with Crippen molar-refractivity contribution in [3.05, 3.63) is 81.8 Å². The molecule has 27 heavy (non-hydrogen) atoms. The minimum absolute atomic E-state index is 0.306. The van der Waals surface area contributed by atoms with E-state index in [4.69, 9.17) is 0 Å². The van der Waals surface area contributed by atoms with Gasteiger partial charge in [0.05, 0.1) is 0 Å². The minimum Gasteiger partial charge on any atom is -0.383 e. The fraction of sp³-hybridized carbons (Fsp3) is 0.0526. The summed E-state index contributed by atoms with van der Waals surface area (Å²) in [6.45, 7) is 0. The summed E-state index contributed by atoms with van der Waals surface area (Å²) in [5.41, 5.74) is 1.71. The Bertz CT molecular complexity index is 1030. The van der Waals surface area contributed by atoms with Crippen LogP contribution in [-0.4, -0.2) is 26.0 Å². The van der Waals surface area contributed by atoms with Gasteiger partial charge in [-0.2, -0.15) is 0 Å². The number of carbonyl (C=O) groups excluding carboxylic acids is 1. The third-order valence-electron chi connectivity index (χ3n) is 3.79. The summed E-state index contributed by atoms with van der Waals surface area (Å²) >= 11 is 2.82. The van der Waals surface area contributed by atoms with Crippen LogP contribution in [0.5, 0.6) is 0 Å². The molecule has 3 heterocycles. The number of nitrogens with one attached hydrogen (secondary N) is 1. The van der Waals surface area contributed by atoms with Crippen molar-refractivity contribution in [1.29, 1.82) is 0 Å². The molecule has 0 radical (unpaired) electrons. The van der Waals surface area contributed by atoms with Gasteiger partial charge in [0.15, 0.2) is 10.8 Å². The van der Waals surface area contributed by atoms with Crippen LogP contribution in [0.4, 0.5) is 5.69 Å². The van der Waals surface area contributed by atoms with Gasteiger partial charge in [0, 0.05) is 28.3 Å². The Morgan fingerprint density at radius 3 is 2.52 bits per heavy atom. The van der Waals surface area contributed by atoms with E-state index in [0.29, 0.717) is 22.2 Å². The molecule has 0 bridgehead atoms. The zero-order valence-electron chi connectivity index (χ0n) is 13.9. The zero-order chi connectivity index (χ0) is 18.6. The highest BCUT2D eigenvalue weighted by Crippen LogP contribution is 2.27. The van der Waals surface area contributed by atoms with Crippen LogP contribution in [0.15, 0.2) is 65.6 Å². The maximum atomic E-state index is 12.4. The van der Waals surface area contributed by atoms with E-state index in [0.717, 1.165) is 10.4 Å². The van der Waals surface area contributed by atoms with Crippen molar-refractivity contribution < 1.29 is 9.90 Å². The number of aliphatic hydroxyl groups excluding tert-OH is 1. The molecule has 6 nitrogen and oxygen atoms in total. The number of benzene rings is 1. The Kier molecular flexibility index (Phi) is 5.01. The molecule has 1 atom stereocenters. The maximum Gasteiger partial charge on any atom is 0.275 e. The third-order valence-corrected chi connectivity index (χ3v) is 5.55. The Morgan fingerprint density at radius 2 is 1.81 bits per heavy atom. The molecular formula is C19H14N4O2S2. The van der Waals surface area contributed by atoms with E-state index >= 15 is 0 Å². The zero-order valence-corrected chi connectivity index (χ0v) is 15.6. The number of rotatable bonds is 5. The lowest BCUT2D eigenvalue weighted by Gasteiger charge is -2.10. The Hall–Kier alpha value is -2.94. The number of nitrogens with zero attached hydrogens (tertiary/aromatic N) is 3. The number of amides is 1. The first kappa shape index (κ1) is 17.5. The smallest absolute Gasteiger partial charge is 0.275 e. The van der Waals surface area contributed by atoms with Crippen LogP contribution in [0.3, 0.4) is 0 Å². The number of aliphatic hydroxyl groups is 1. The number of hydrogen-bond acceptors (Lipinski definition) is 7. The Balaban J connectivity index is 1.45. The van der Waals surface area contributed by atoms with Gasteiger partial charge >= 0.3 is 0 Å². The molecule has 3 aromatic heterocycles. The highest BCUT2D eigenvalue weighted by Gasteiger charge is 2.15. The fourth-order valence-corrected chi connectivity index (χ4v) is 3.93. The van der Waals surface area contributed by atoms with Crippen LogP contribution in [0.2, 0.25) is 0 Å². The molecule has 2 N–H and O–H groups in total. The second kappa shape index (κ2) is 7.75. The lowest BCUT2D eigenvalue weighted by molar-refractivity contribution is 0.102. The van der Waals surface area contributed by atoms with Crippen molar-refractivity contribution in [2.24, 2.45) is 0 Å². The van der Waals surface area contributed by atoms with Gasteiger partial charge in [-0.1, -0.05) is 18.2 Å². The van der Waals surface area contributed by atoms with E-state index in [1.54, 1.807) is 48.1 Å². The van der Waals surface area contributed by atoms with Gasteiger partial charge in [0.1, 0.15) is 11.8 Å². The summed E-state index contributed by atoms with van der Waals surface area (Å²) in [5, 5.41) is 17.4. The lowest BCUT2D eigenvalue weighted by Crippen LogP contribution is -2.12. The predicted octanol–water partition coefficient (Wildman–Crippen LogP) is 4.00. The first-order valence-electron chi connectivity index (χ1n) is 8.06. The molecule has 4 rings (SSSR count). The molecule has 1 amide bonds. The third kappa shape index (κ3) is 3.92. The standard InChI is InChI=1S/C19H14N4O2S2/c24-16(15-3-1-10-26-15)12-4-6-13(7-5-12)22-18(25)14-11-27-19(23-14)17-20-8-2-9-21-17/h1-11,16,24H,(H,22,25). The van der Waals surface area contributed by atoms with Crippen molar-refractivity contribution in [2.75, 3.05) is 5.32 Å². The SMILES string of the molecule is O=C(Nc1ccc(C(O)c2cccs2)cc1)c1csc(-c2ncccn2)n1. The number of thiophene rings is 1. The summed E-state index contributed by atoms with van der Waals surface area (Å²) in [6, 6.07) is 12.6. The van der Waals surface area contributed by atoms with Crippen molar-refractivity contribution in [3.63, 3.8) is 0 Å². The molecule has 4 aromatic rings. The van der Waals surface area contributed by atoms with Crippen molar-refractivity contribution >= 4 is 34.3 Å². The van der Waals surface area contributed by atoms with Gasteiger partial charge in [-0.15, -0.1) is 22.7 Å². The molecule has 0 saturated carbocycles. The van der Waals surface area contributed by atoms with Crippen LogP contribution < -0.4 is 5.32 Å². The summed E-state index contributed by atoms with van der Waals surface area (Å²) in [6.07, 6.45) is 2.60. The Labute approximate surface area is 163 Å². The van der Waals surface area contributed by atoms with E-state index in [1.165, 1.54) is 22.7 Å². The highest BCUT2D eigenvalue weighted by atomic mass is 32.1. The van der Waals surface area contributed by atoms with Gasteiger partial charge in [0.2, 0.25) is 0 Å². The minimum atomic E-state index is -0.665. The molecule has 134 valence electrons. The average Bonchev–Trinajstić information content (AvgIpc) is 3.41. The second-order valence-electron chi connectivity index (χ2n) is 5.60. The van der Waals surface area contributed by atoms with Gasteiger partial charge in [-0.3, -0.25) is 4.79 Å². The normalized spacial score (nSPS) is 11.9. The van der Waals surface area contributed by atoms with E-state index in [2.05, 4.69) is 20.3 Å².